The Kier molecular flexibility index (Phi) is 11.0. The number of rotatable bonds is 14. The van der Waals surface area contributed by atoms with Crippen molar-refractivity contribution in [2.45, 2.75) is 30.8 Å². The highest BCUT2D eigenvalue weighted by atomic mass is 32.2. The first kappa shape index (κ1) is 29.8. The molecule has 0 amide bonds. The minimum Gasteiger partial charge on any atom is -0.491 e. The molecule has 1 heterocycles. The Bertz CT molecular complexity index is 1220. The standard InChI is InChI=1S/C29H34N2O7S/c1-18-25(28(33)34)27(26(29(35)36)19(2)31-18)23-15-22(39-3)11-12-24(23)37-14-8-7-13-30-16-20(32)17-38-21-9-5-4-6-10-21/h4-12,15,20,27,30-32H,13-14,16-17H2,1-3H3,(H,33,34)(H,35,36)/b8-7+/t20-/m0/s1. The molecular weight excluding hydrogens is 520 g/mol. The summed E-state index contributed by atoms with van der Waals surface area (Å²) >= 11 is 1.47. The maximum atomic E-state index is 12.2. The third kappa shape index (κ3) is 8.13. The molecule has 2 aromatic carbocycles. The van der Waals surface area contributed by atoms with E-state index in [1.807, 2.05) is 48.7 Å². The zero-order valence-electron chi connectivity index (χ0n) is 22.1. The molecule has 0 bridgehead atoms. The van der Waals surface area contributed by atoms with Crippen LogP contribution in [0.3, 0.4) is 0 Å². The number of aliphatic hydroxyl groups is 1. The molecule has 208 valence electrons. The summed E-state index contributed by atoms with van der Waals surface area (Å²) in [5, 5.41) is 36.0. The lowest BCUT2D eigenvalue weighted by atomic mass is 9.80. The van der Waals surface area contributed by atoms with E-state index in [1.165, 1.54) is 11.8 Å². The van der Waals surface area contributed by atoms with Gasteiger partial charge in [0.25, 0.3) is 0 Å². The third-order valence-electron chi connectivity index (χ3n) is 6.08. The van der Waals surface area contributed by atoms with E-state index in [4.69, 9.17) is 9.47 Å². The molecule has 2 aromatic rings. The summed E-state index contributed by atoms with van der Waals surface area (Å²) in [5.74, 6) is -2.29. The van der Waals surface area contributed by atoms with Crippen LogP contribution < -0.4 is 20.1 Å². The van der Waals surface area contributed by atoms with Crippen LogP contribution in [0.2, 0.25) is 0 Å². The van der Waals surface area contributed by atoms with Gasteiger partial charge in [0.2, 0.25) is 0 Å². The first-order chi connectivity index (χ1) is 18.7. The minimum absolute atomic E-state index is 0.0318. The number of thioether (sulfide) groups is 1. The van der Waals surface area contributed by atoms with Crippen LogP contribution >= 0.6 is 11.8 Å². The summed E-state index contributed by atoms with van der Waals surface area (Å²) in [7, 11) is 0. The number of nitrogens with one attached hydrogen (secondary N) is 2. The number of benzene rings is 2. The second-order valence-electron chi connectivity index (χ2n) is 8.87. The first-order valence-electron chi connectivity index (χ1n) is 12.4. The molecule has 1 aliphatic heterocycles. The molecule has 0 spiro atoms. The normalized spacial score (nSPS) is 14.9. The molecular formula is C29H34N2O7S. The van der Waals surface area contributed by atoms with Gasteiger partial charge in [0, 0.05) is 34.9 Å². The molecule has 0 saturated carbocycles. The van der Waals surface area contributed by atoms with Gasteiger partial charge < -0.3 is 35.4 Å². The van der Waals surface area contributed by atoms with Gasteiger partial charge in [0.15, 0.2) is 0 Å². The van der Waals surface area contributed by atoms with Crippen molar-refractivity contribution in [3.05, 3.63) is 88.8 Å². The largest absolute Gasteiger partial charge is 0.491 e. The van der Waals surface area contributed by atoms with E-state index in [0.29, 0.717) is 41.5 Å². The summed E-state index contributed by atoms with van der Waals surface area (Å²) in [5.41, 5.74) is 1.19. The number of hydrogen-bond acceptors (Lipinski definition) is 8. The molecule has 1 atom stereocenters. The van der Waals surface area contributed by atoms with E-state index in [1.54, 1.807) is 32.1 Å². The van der Waals surface area contributed by atoms with Crippen molar-refractivity contribution >= 4 is 23.7 Å². The topological polar surface area (TPSA) is 137 Å². The van der Waals surface area contributed by atoms with E-state index in [2.05, 4.69) is 10.6 Å². The Morgan fingerprint density at radius 1 is 1.03 bits per heavy atom. The molecule has 0 radical (unpaired) electrons. The number of hydrogen-bond donors (Lipinski definition) is 5. The fourth-order valence-electron chi connectivity index (χ4n) is 4.27. The number of para-hydroxylation sites is 1. The zero-order chi connectivity index (χ0) is 28.4. The van der Waals surface area contributed by atoms with Gasteiger partial charge in [-0.25, -0.2) is 9.59 Å². The molecule has 1 aliphatic rings. The summed E-state index contributed by atoms with van der Waals surface area (Å²) in [6.45, 7) is 4.45. The maximum absolute atomic E-state index is 12.2. The van der Waals surface area contributed by atoms with Crippen molar-refractivity contribution < 1.29 is 34.4 Å². The molecule has 0 aliphatic carbocycles. The van der Waals surface area contributed by atoms with Crippen LogP contribution in [-0.4, -0.2) is 65.9 Å². The monoisotopic (exact) mass is 554 g/mol. The van der Waals surface area contributed by atoms with Crippen LogP contribution in [0.15, 0.2) is 88.1 Å². The average Bonchev–Trinajstić information content (AvgIpc) is 2.91. The second-order valence-corrected chi connectivity index (χ2v) is 9.75. The number of carbonyl (C=O) groups is 2. The van der Waals surface area contributed by atoms with E-state index < -0.39 is 24.0 Å². The van der Waals surface area contributed by atoms with Crippen LogP contribution in [0.5, 0.6) is 11.5 Å². The molecule has 39 heavy (non-hydrogen) atoms. The molecule has 9 nitrogen and oxygen atoms in total. The van der Waals surface area contributed by atoms with Crippen LogP contribution in [0.1, 0.15) is 25.3 Å². The van der Waals surface area contributed by atoms with Crippen LogP contribution in [0, 0.1) is 0 Å². The third-order valence-corrected chi connectivity index (χ3v) is 6.80. The number of aliphatic hydroxyl groups excluding tert-OH is 1. The van der Waals surface area contributed by atoms with E-state index in [9.17, 15) is 24.9 Å². The highest BCUT2D eigenvalue weighted by molar-refractivity contribution is 7.98. The van der Waals surface area contributed by atoms with Gasteiger partial charge >= 0.3 is 11.9 Å². The van der Waals surface area contributed by atoms with Gasteiger partial charge in [-0.15, -0.1) is 11.8 Å². The van der Waals surface area contributed by atoms with Crippen LogP contribution in [0.4, 0.5) is 0 Å². The lowest BCUT2D eigenvalue weighted by molar-refractivity contribution is -0.133. The Labute approximate surface area is 232 Å². The Morgan fingerprint density at radius 2 is 1.69 bits per heavy atom. The average molecular weight is 555 g/mol. The Hall–Kier alpha value is -3.73. The van der Waals surface area contributed by atoms with E-state index in [0.717, 1.165) is 4.90 Å². The Balaban J connectivity index is 1.64. The van der Waals surface area contributed by atoms with Crippen molar-refractivity contribution in [2.75, 3.05) is 32.6 Å². The predicted molar refractivity (Wildman–Crippen MR) is 150 cm³/mol. The van der Waals surface area contributed by atoms with Gasteiger partial charge in [-0.3, -0.25) is 0 Å². The van der Waals surface area contributed by atoms with Gasteiger partial charge in [-0.05, 0) is 50.4 Å². The summed E-state index contributed by atoms with van der Waals surface area (Å²) < 4.78 is 11.5. The highest BCUT2D eigenvalue weighted by Gasteiger charge is 2.38. The number of carboxylic acids is 2. The summed E-state index contributed by atoms with van der Waals surface area (Å²) in [6.07, 6.45) is 4.87. The summed E-state index contributed by atoms with van der Waals surface area (Å²) in [6, 6.07) is 14.7. The highest BCUT2D eigenvalue weighted by Crippen LogP contribution is 2.43. The van der Waals surface area contributed by atoms with Crippen LogP contribution in [0.25, 0.3) is 0 Å². The molecule has 0 saturated heterocycles. The molecule has 3 rings (SSSR count). The summed E-state index contributed by atoms with van der Waals surface area (Å²) in [4.78, 5) is 25.3. The van der Waals surface area contributed by atoms with Crippen molar-refractivity contribution in [2.24, 2.45) is 0 Å². The fraction of sp³-hybridized carbons (Fsp3) is 0.310. The molecule has 5 N–H and O–H groups in total. The molecule has 10 heteroatoms. The smallest absolute Gasteiger partial charge is 0.334 e. The second kappa shape index (κ2) is 14.4. The zero-order valence-corrected chi connectivity index (χ0v) is 23.0. The fourth-order valence-corrected chi connectivity index (χ4v) is 4.72. The van der Waals surface area contributed by atoms with Crippen molar-refractivity contribution in [3.63, 3.8) is 0 Å². The Morgan fingerprint density at radius 3 is 2.31 bits per heavy atom. The van der Waals surface area contributed by atoms with Gasteiger partial charge in [-0.2, -0.15) is 0 Å². The quantitative estimate of drug-likeness (QED) is 0.133. The molecule has 0 unspecified atom stereocenters. The number of carboxylic acid groups (broad SMARTS) is 2. The van der Waals surface area contributed by atoms with Gasteiger partial charge in [0.05, 0.1) is 17.1 Å². The predicted octanol–water partition coefficient (Wildman–Crippen LogP) is 3.78. The van der Waals surface area contributed by atoms with Crippen molar-refractivity contribution in [3.8, 4) is 11.5 Å². The van der Waals surface area contributed by atoms with E-state index in [-0.39, 0.29) is 24.4 Å². The lowest BCUT2D eigenvalue weighted by Gasteiger charge is -2.30. The van der Waals surface area contributed by atoms with Crippen molar-refractivity contribution in [1.82, 2.24) is 10.6 Å². The first-order valence-corrected chi connectivity index (χ1v) is 13.6. The van der Waals surface area contributed by atoms with Gasteiger partial charge in [0.1, 0.15) is 30.8 Å². The minimum atomic E-state index is -1.20. The number of allylic oxidation sites excluding steroid dienone is 2. The van der Waals surface area contributed by atoms with Crippen LogP contribution in [-0.2, 0) is 9.59 Å². The maximum Gasteiger partial charge on any atom is 0.334 e. The number of ether oxygens (including phenoxy) is 2. The van der Waals surface area contributed by atoms with E-state index >= 15 is 0 Å². The number of aliphatic carboxylic acids is 2. The SMILES string of the molecule is CSc1ccc(OC/C=C/CNC[C@H](O)COc2ccccc2)c(C2C(C(=O)O)=C(C)NC(C)=C2C(=O)O)c1. The van der Waals surface area contributed by atoms with Crippen molar-refractivity contribution in [1.29, 1.82) is 0 Å². The molecule has 0 fully saturated rings. The molecule has 0 aromatic heterocycles. The number of dihydropyridines is 1. The van der Waals surface area contributed by atoms with Gasteiger partial charge in [-0.1, -0.05) is 30.4 Å². The lowest BCUT2D eigenvalue weighted by Crippen LogP contribution is -2.31.